The number of benzene rings is 1. The largest absolute Gasteiger partial charge is 0.326 e. The van der Waals surface area contributed by atoms with Crippen molar-refractivity contribution < 1.29 is 17.6 Å². The number of carbonyl (C=O) groups is 1. The molecule has 140 valence electrons. The van der Waals surface area contributed by atoms with Crippen LogP contribution in [0.2, 0.25) is 5.02 Å². The summed E-state index contributed by atoms with van der Waals surface area (Å²) in [5, 5.41) is 7.06. The highest BCUT2D eigenvalue weighted by Crippen LogP contribution is 2.27. The Bertz CT molecular complexity index is 972. The van der Waals surface area contributed by atoms with Crippen molar-refractivity contribution in [3.63, 3.8) is 0 Å². The van der Waals surface area contributed by atoms with E-state index in [1.165, 1.54) is 18.2 Å². The first-order valence-corrected chi connectivity index (χ1v) is 10.4. The van der Waals surface area contributed by atoms with Gasteiger partial charge in [0.05, 0.1) is 34.7 Å². The van der Waals surface area contributed by atoms with Crippen molar-refractivity contribution in [2.24, 2.45) is 0 Å². The molecule has 2 heterocycles. The minimum Gasteiger partial charge on any atom is -0.326 e. The van der Waals surface area contributed by atoms with Crippen molar-refractivity contribution in [2.45, 2.75) is 32.7 Å². The summed E-state index contributed by atoms with van der Waals surface area (Å²) in [6, 6.07) is 3.78. The first-order valence-electron chi connectivity index (χ1n) is 8.16. The third kappa shape index (κ3) is 3.91. The predicted molar refractivity (Wildman–Crippen MR) is 97.8 cm³/mol. The fraction of sp³-hybridized carbons (Fsp3) is 0.412. The van der Waals surface area contributed by atoms with Gasteiger partial charge >= 0.3 is 0 Å². The van der Waals surface area contributed by atoms with Gasteiger partial charge in [0.1, 0.15) is 5.82 Å². The van der Waals surface area contributed by atoms with Gasteiger partial charge in [-0.1, -0.05) is 11.6 Å². The van der Waals surface area contributed by atoms with Gasteiger partial charge in [-0.25, -0.2) is 12.8 Å². The molecule has 1 unspecified atom stereocenters. The lowest BCUT2D eigenvalue weighted by Gasteiger charge is -2.11. The van der Waals surface area contributed by atoms with E-state index in [0.29, 0.717) is 17.8 Å². The minimum absolute atomic E-state index is 0.0644. The molecule has 1 saturated heterocycles. The van der Waals surface area contributed by atoms with Crippen LogP contribution in [0.3, 0.4) is 0 Å². The fourth-order valence-electron chi connectivity index (χ4n) is 3.22. The smallest absolute Gasteiger partial charge is 0.228 e. The molecule has 1 aromatic carbocycles. The van der Waals surface area contributed by atoms with Gasteiger partial charge in [-0.2, -0.15) is 5.10 Å². The molecule has 2 aromatic rings. The standard InChI is InChI=1S/C17H19ClFN3O3S/c1-10-14(8-17(23)20-12-3-4-16(19)15(18)7-12)11(2)22(21-10)13-5-6-26(24,25)9-13/h3-4,7,13H,5-6,8-9H2,1-2H3,(H,20,23). The number of aryl methyl sites for hydroxylation is 1. The Morgan fingerprint density at radius 2 is 2.15 bits per heavy atom. The summed E-state index contributed by atoms with van der Waals surface area (Å²) in [6.45, 7) is 3.63. The zero-order valence-corrected chi connectivity index (χ0v) is 16.0. The molecule has 0 saturated carbocycles. The van der Waals surface area contributed by atoms with Gasteiger partial charge in [0, 0.05) is 16.9 Å². The SMILES string of the molecule is Cc1nn(C2CCS(=O)(=O)C2)c(C)c1CC(=O)Nc1ccc(F)c(Cl)c1. The minimum atomic E-state index is -3.02. The van der Waals surface area contributed by atoms with Gasteiger partial charge in [0.2, 0.25) is 5.91 Å². The Kier molecular flexibility index (Phi) is 5.07. The van der Waals surface area contributed by atoms with E-state index in [1.54, 1.807) is 11.6 Å². The highest BCUT2D eigenvalue weighted by Gasteiger charge is 2.31. The highest BCUT2D eigenvalue weighted by molar-refractivity contribution is 7.91. The van der Waals surface area contributed by atoms with Gasteiger partial charge in [-0.15, -0.1) is 0 Å². The molecular formula is C17H19ClFN3O3S. The van der Waals surface area contributed by atoms with Gasteiger partial charge in [-0.05, 0) is 38.5 Å². The van der Waals surface area contributed by atoms with Crippen molar-refractivity contribution in [2.75, 3.05) is 16.8 Å². The molecule has 6 nitrogen and oxygen atoms in total. The number of carbonyl (C=O) groups excluding carboxylic acids is 1. The number of nitrogens with one attached hydrogen (secondary N) is 1. The summed E-state index contributed by atoms with van der Waals surface area (Å²) in [5.41, 5.74) is 2.65. The molecule has 1 amide bonds. The van der Waals surface area contributed by atoms with Crippen LogP contribution in [0.5, 0.6) is 0 Å². The van der Waals surface area contributed by atoms with E-state index < -0.39 is 15.7 Å². The number of anilines is 1. The van der Waals surface area contributed by atoms with E-state index in [9.17, 15) is 17.6 Å². The average Bonchev–Trinajstić information content (AvgIpc) is 3.04. The molecule has 1 atom stereocenters. The zero-order valence-electron chi connectivity index (χ0n) is 14.4. The molecule has 0 bridgehead atoms. The van der Waals surface area contributed by atoms with Crippen LogP contribution in [-0.4, -0.2) is 35.6 Å². The molecule has 0 aliphatic carbocycles. The number of aromatic nitrogens is 2. The predicted octanol–water partition coefficient (Wildman–Crippen LogP) is 2.83. The Morgan fingerprint density at radius 1 is 1.42 bits per heavy atom. The van der Waals surface area contributed by atoms with E-state index in [-0.39, 0.29) is 34.9 Å². The maximum atomic E-state index is 13.2. The molecule has 1 aliphatic rings. The number of sulfone groups is 1. The van der Waals surface area contributed by atoms with Gasteiger partial charge < -0.3 is 5.32 Å². The number of halogens is 2. The van der Waals surface area contributed by atoms with E-state index >= 15 is 0 Å². The van der Waals surface area contributed by atoms with Crippen molar-refractivity contribution in [3.8, 4) is 0 Å². The van der Waals surface area contributed by atoms with Crippen LogP contribution in [0.1, 0.15) is 29.4 Å². The normalized spacial score (nSPS) is 18.8. The first-order chi connectivity index (χ1) is 12.2. The number of nitrogens with zero attached hydrogens (tertiary/aromatic N) is 2. The van der Waals surface area contributed by atoms with Gasteiger partial charge in [-0.3, -0.25) is 9.48 Å². The second kappa shape index (κ2) is 7.00. The molecular weight excluding hydrogens is 381 g/mol. The maximum Gasteiger partial charge on any atom is 0.228 e. The average molecular weight is 400 g/mol. The maximum absolute atomic E-state index is 13.2. The van der Waals surface area contributed by atoms with E-state index in [4.69, 9.17) is 11.6 Å². The van der Waals surface area contributed by atoms with Crippen LogP contribution in [0.25, 0.3) is 0 Å². The summed E-state index contributed by atoms with van der Waals surface area (Å²) < 4.78 is 38.3. The van der Waals surface area contributed by atoms with Crippen LogP contribution in [-0.2, 0) is 21.1 Å². The third-order valence-electron chi connectivity index (χ3n) is 4.57. The van der Waals surface area contributed by atoms with Crippen LogP contribution in [0, 0.1) is 19.7 Å². The molecule has 0 radical (unpaired) electrons. The molecule has 26 heavy (non-hydrogen) atoms. The lowest BCUT2D eigenvalue weighted by atomic mass is 10.1. The van der Waals surface area contributed by atoms with Crippen molar-refractivity contribution >= 4 is 33.0 Å². The zero-order chi connectivity index (χ0) is 19.1. The second-order valence-electron chi connectivity index (χ2n) is 6.50. The monoisotopic (exact) mass is 399 g/mol. The van der Waals surface area contributed by atoms with Crippen molar-refractivity contribution in [1.29, 1.82) is 0 Å². The van der Waals surface area contributed by atoms with Crippen molar-refractivity contribution in [1.82, 2.24) is 9.78 Å². The van der Waals surface area contributed by atoms with E-state index in [1.807, 2.05) is 6.92 Å². The Hall–Kier alpha value is -1.93. The van der Waals surface area contributed by atoms with Crippen LogP contribution >= 0.6 is 11.6 Å². The van der Waals surface area contributed by atoms with Crippen LogP contribution < -0.4 is 5.32 Å². The van der Waals surface area contributed by atoms with Crippen molar-refractivity contribution in [3.05, 3.63) is 46.0 Å². The van der Waals surface area contributed by atoms with E-state index in [2.05, 4.69) is 10.4 Å². The van der Waals surface area contributed by atoms with Gasteiger partial charge in [0.15, 0.2) is 9.84 Å². The van der Waals surface area contributed by atoms with E-state index in [0.717, 1.165) is 11.3 Å². The number of hydrogen-bond acceptors (Lipinski definition) is 4. The quantitative estimate of drug-likeness (QED) is 0.857. The second-order valence-corrected chi connectivity index (χ2v) is 9.14. The lowest BCUT2D eigenvalue weighted by molar-refractivity contribution is -0.115. The molecule has 1 aromatic heterocycles. The summed E-state index contributed by atoms with van der Waals surface area (Å²) in [4.78, 5) is 12.3. The summed E-state index contributed by atoms with van der Waals surface area (Å²) in [7, 11) is -3.02. The number of amides is 1. The molecule has 1 N–H and O–H groups in total. The van der Waals surface area contributed by atoms with Crippen LogP contribution in [0.15, 0.2) is 18.2 Å². The highest BCUT2D eigenvalue weighted by atomic mass is 35.5. The lowest BCUT2D eigenvalue weighted by Crippen LogP contribution is -2.16. The molecule has 3 rings (SSSR count). The molecule has 9 heteroatoms. The fourth-order valence-corrected chi connectivity index (χ4v) is 5.09. The Labute approximate surface area is 156 Å². The number of rotatable bonds is 4. The molecule has 1 aliphatic heterocycles. The Morgan fingerprint density at radius 3 is 2.77 bits per heavy atom. The molecule has 1 fully saturated rings. The molecule has 0 spiro atoms. The number of hydrogen-bond donors (Lipinski definition) is 1. The summed E-state index contributed by atoms with van der Waals surface area (Å²) in [5.74, 6) is -0.590. The third-order valence-corrected chi connectivity index (χ3v) is 6.61. The summed E-state index contributed by atoms with van der Waals surface area (Å²) in [6.07, 6.45) is 0.621. The van der Waals surface area contributed by atoms with Gasteiger partial charge in [0.25, 0.3) is 0 Å². The summed E-state index contributed by atoms with van der Waals surface area (Å²) >= 11 is 5.72. The van der Waals surface area contributed by atoms with Crippen LogP contribution in [0.4, 0.5) is 10.1 Å². The Balaban J connectivity index is 1.75. The first kappa shape index (κ1) is 18.8. The topological polar surface area (TPSA) is 81.1 Å².